The molecule has 8 nitrogen and oxygen atoms in total. The van der Waals surface area contributed by atoms with Crippen LogP contribution in [0.3, 0.4) is 0 Å². The van der Waals surface area contributed by atoms with Crippen molar-refractivity contribution >= 4 is 5.97 Å². The minimum atomic E-state index is -1.04. The molecule has 0 amide bonds. The van der Waals surface area contributed by atoms with Crippen molar-refractivity contribution in [2.45, 2.75) is 115 Å². The van der Waals surface area contributed by atoms with Crippen LogP contribution in [0, 0.1) is 28.6 Å². The van der Waals surface area contributed by atoms with Crippen molar-refractivity contribution in [2.24, 2.45) is 28.6 Å². The number of esters is 1. The van der Waals surface area contributed by atoms with Crippen molar-refractivity contribution in [3.05, 3.63) is 23.3 Å². The number of carbonyl (C=O) groups excluding carboxylic acids is 1. The minimum absolute atomic E-state index is 0.0206. The Kier molecular flexibility index (Phi) is 6.64. The van der Waals surface area contributed by atoms with Crippen molar-refractivity contribution in [1.29, 1.82) is 0 Å². The Morgan fingerprint density at radius 2 is 1.84 bits per heavy atom. The maximum absolute atomic E-state index is 12.4. The number of hydrogen-bond acceptors (Lipinski definition) is 8. The first-order chi connectivity index (χ1) is 18.0. The first kappa shape index (κ1) is 26.9. The van der Waals surface area contributed by atoms with Crippen LogP contribution in [0.5, 0.6) is 0 Å². The van der Waals surface area contributed by atoms with E-state index in [9.17, 15) is 20.1 Å². The molecular weight excluding hydrogens is 488 g/mol. The molecule has 6 rings (SSSR count). The third kappa shape index (κ3) is 3.81. The number of rotatable bonds is 4. The third-order valence-corrected chi connectivity index (χ3v) is 11.8. The maximum atomic E-state index is 12.4. The third-order valence-electron chi connectivity index (χ3n) is 11.8. The SMILES string of the molecule is CO[C@@H]1[C@@H](O)[C@H](O[C@H]2CC[C@@]3(C)[C@H](CC[C@@H]4[C@@H]3CC[C@]3(C)C(C5=CC(=O)OC5)=CC[C@]43O)C2)O[C@H](C)[C@H]1O. The molecule has 2 aliphatic heterocycles. The first-order valence-corrected chi connectivity index (χ1v) is 14.5. The highest BCUT2D eigenvalue weighted by Gasteiger charge is 2.66. The largest absolute Gasteiger partial charge is 0.458 e. The highest BCUT2D eigenvalue weighted by Crippen LogP contribution is 2.68. The number of ether oxygens (including phenoxy) is 4. The summed E-state index contributed by atoms with van der Waals surface area (Å²) in [6.07, 6.45) is 7.23. The Hall–Kier alpha value is -1.29. The molecule has 4 fully saturated rings. The van der Waals surface area contributed by atoms with Crippen molar-refractivity contribution < 1.29 is 39.1 Å². The van der Waals surface area contributed by atoms with E-state index in [0.29, 0.717) is 24.9 Å². The summed E-state index contributed by atoms with van der Waals surface area (Å²) < 4.78 is 22.8. The van der Waals surface area contributed by atoms with Crippen LogP contribution in [0.25, 0.3) is 0 Å². The van der Waals surface area contributed by atoms with Gasteiger partial charge in [0.2, 0.25) is 0 Å². The molecule has 0 spiro atoms. The molecular formula is C30H44O8. The van der Waals surface area contributed by atoms with Crippen LogP contribution < -0.4 is 0 Å². The summed E-state index contributed by atoms with van der Waals surface area (Å²) in [5.74, 6) is 0.860. The smallest absolute Gasteiger partial charge is 0.331 e. The van der Waals surface area contributed by atoms with Crippen molar-refractivity contribution in [3.8, 4) is 0 Å². The Bertz CT molecular complexity index is 1020. The van der Waals surface area contributed by atoms with E-state index < -0.39 is 36.3 Å². The van der Waals surface area contributed by atoms with Crippen LogP contribution in [0.15, 0.2) is 23.3 Å². The summed E-state index contributed by atoms with van der Waals surface area (Å²) in [6.45, 7) is 6.72. The number of aliphatic hydroxyl groups is 3. The molecule has 0 radical (unpaired) electrons. The summed E-state index contributed by atoms with van der Waals surface area (Å²) in [5, 5.41) is 33.4. The van der Waals surface area contributed by atoms with Crippen LogP contribution in [-0.4, -0.2) is 77.4 Å². The van der Waals surface area contributed by atoms with Gasteiger partial charge in [0.15, 0.2) is 6.29 Å². The van der Waals surface area contributed by atoms with E-state index in [1.165, 1.54) is 7.11 Å². The van der Waals surface area contributed by atoms with Gasteiger partial charge in [0, 0.05) is 24.2 Å². The molecule has 3 saturated carbocycles. The van der Waals surface area contributed by atoms with Gasteiger partial charge in [0.25, 0.3) is 0 Å². The van der Waals surface area contributed by atoms with E-state index >= 15 is 0 Å². The zero-order valence-electron chi connectivity index (χ0n) is 23.1. The molecule has 3 N–H and O–H groups in total. The van der Waals surface area contributed by atoms with Gasteiger partial charge in [0.1, 0.15) is 24.9 Å². The summed E-state index contributed by atoms with van der Waals surface area (Å²) in [7, 11) is 1.49. The Labute approximate surface area is 225 Å². The molecule has 38 heavy (non-hydrogen) atoms. The first-order valence-electron chi connectivity index (χ1n) is 14.5. The molecule has 4 aliphatic carbocycles. The standard InChI is InChI=1S/C30H44O8/c1-16-24(32)26(35-4)25(33)27(37-16)38-19-7-10-28(2)18(14-19)5-6-22-21(28)8-11-29(3)20(9-12-30(22,29)34)17-13-23(31)36-15-17/h9,13,16,18-19,21-22,24-27,32-34H,5-8,10-12,14-15H2,1-4H3/t16-,18-,19+,21+,22-,24-,25-,26+,27+,28+,29-,30+/m1/s1. The molecule has 0 bridgehead atoms. The van der Waals surface area contributed by atoms with Gasteiger partial charge in [-0.2, -0.15) is 0 Å². The zero-order valence-corrected chi connectivity index (χ0v) is 23.1. The van der Waals surface area contributed by atoms with Gasteiger partial charge in [-0.15, -0.1) is 0 Å². The van der Waals surface area contributed by atoms with Crippen LogP contribution in [0.4, 0.5) is 0 Å². The number of carbonyl (C=O) groups is 1. The molecule has 12 atom stereocenters. The molecule has 8 heteroatoms. The fourth-order valence-electron chi connectivity index (χ4n) is 9.47. The Balaban J connectivity index is 1.16. The molecule has 0 aromatic carbocycles. The lowest BCUT2D eigenvalue weighted by molar-refractivity contribution is -0.313. The second-order valence-corrected chi connectivity index (χ2v) is 13.3. The van der Waals surface area contributed by atoms with Crippen molar-refractivity contribution in [1.82, 2.24) is 0 Å². The highest BCUT2D eigenvalue weighted by molar-refractivity contribution is 5.86. The van der Waals surface area contributed by atoms with Gasteiger partial charge in [-0.05, 0) is 87.0 Å². The van der Waals surface area contributed by atoms with E-state index in [-0.39, 0.29) is 28.8 Å². The lowest BCUT2D eigenvalue weighted by Crippen LogP contribution is -2.62. The van der Waals surface area contributed by atoms with Gasteiger partial charge in [-0.1, -0.05) is 19.9 Å². The Morgan fingerprint density at radius 1 is 1.05 bits per heavy atom. The quantitative estimate of drug-likeness (QED) is 0.374. The van der Waals surface area contributed by atoms with Crippen molar-refractivity contribution in [3.63, 3.8) is 0 Å². The van der Waals surface area contributed by atoms with Crippen LogP contribution in [0.2, 0.25) is 0 Å². The lowest BCUT2D eigenvalue weighted by atomic mass is 9.43. The fraction of sp³-hybridized carbons (Fsp3) is 0.833. The maximum Gasteiger partial charge on any atom is 0.331 e. The van der Waals surface area contributed by atoms with E-state index in [2.05, 4.69) is 19.9 Å². The number of fused-ring (bicyclic) bond motifs is 5. The molecule has 0 aromatic rings. The van der Waals surface area contributed by atoms with Gasteiger partial charge in [-0.25, -0.2) is 4.79 Å². The van der Waals surface area contributed by atoms with E-state index in [4.69, 9.17) is 18.9 Å². The summed E-state index contributed by atoms with van der Waals surface area (Å²) >= 11 is 0. The second-order valence-electron chi connectivity index (χ2n) is 13.3. The molecule has 1 saturated heterocycles. The highest BCUT2D eigenvalue weighted by atomic mass is 16.7. The molecule has 212 valence electrons. The van der Waals surface area contributed by atoms with Crippen LogP contribution in [0.1, 0.15) is 72.1 Å². The molecule has 0 unspecified atom stereocenters. The molecule has 0 aromatic heterocycles. The van der Waals surface area contributed by atoms with Gasteiger partial charge in [-0.3, -0.25) is 0 Å². The topological polar surface area (TPSA) is 115 Å². The second kappa shape index (κ2) is 9.38. The summed E-state index contributed by atoms with van der Waals surface area (Å²) in [4.78, 5) is 11.8. The normalized spacial score (nSPS) is 52.4. The zero-order chi connectivity index (χ0) is 27.0. The van der Waals surface area contributed by atoms with Crippen LogP contribution >= 0.6 is 0 Å². The number of aliphatic hydroxyl groups excluding tert-OH is 2. The van der Waals surface area contributed by atoms with E-state index in [0.717, 1.165) is 56.1 Å². The predicted octanol–water partition coefficient (Wildman–Crippen LogP) is 3.03. The number of cyclic esters (lactones) is 1. The Morgan fingerprint density at radius 3 is 2.55 bits per heavy atom. The monoisotopic (exact) mass is 532 g/mol. The van der Waals surface area contributed by atoms with Gasteiger partial charge < -0.3 is 34.3 Å². The lowest BCUT2D eigenvalue weighted by Gasteiger charge is -2.63. The average molecular weight is 533 g/mol. The predicted molar refractivity (Wildman–Crippen MR) is 138 cm³/mol. The summed E-state index contributed by atoms with van der Waals surface area (Å²) in [5.41, 5.74) is 1.03. The summed E-state index contributed by atoms with van der Waals surface area (Å²) in [6, 6.07) is 0. The fourth-order valence-corrected chi connectivity index (χ4v) is 9.47. The molecule has 6 aliphatic rings. The van der Waals surface area contributed by atoms with Crippen LogP contribution in [-0.2, 0) is 23.7 Å². The number of methoxy groups -OCH3 is 1. The van der Waals surface area contributed by atoms with E-state index in [1.807, 2.05) is 0 Å². The van der Waals surface area contributed by atoms with Gasteiger partial charge >= 0.3 is 5.97 Å². The minimum Gasteiger partial charge on any atom is -0.458 e. The van der Waals surface area contributed by atoms with Crippen molar-refractivity contribution in [2.75, 3.05) is 13.7 Å². The number of hydrogen-bond donors (Lipinski definition) is 3. The molecule has 2 heterocycles. The van der Waals surface area contributed by atoms with Gasteiger partial charge in [0.05, 0.1) is 17.8 Å². The average Bonchev–Trinajstić information content (AvgIpc) is 3.43. The van der Waals surface area contributed by atoms with E-state index in [1.54, 1.807) is 13.0 Å².